The van der Waals surface area contributed by atoms with Crippen molar-refractivity contribution in [1.29, 1.82) is 0 Å². The molecule has 4 rings (SSSR count). The number of aryl methyl sites for hydroxylation is 1. The van der Waals surface area contributed by atoms with Gasteiger partial charge >= 0.3 is 0 Å². The molecule has 0 saturated heterocycles. The number of nitrogens with one attached hydrogen (secondary N) is 2. The molecule has 0 radical (unpaired) electrons. The number of ether oxygens (including phenoxy) is 1. The van der Waals surface area contributed by atoms with Crippen molar-refractivity contribution in [1.82, 2.24) is 9.66 Å². The number of anilines is 1. The summed E-state index contributed by atoms with van der Waals surface area (Å²) in [6, 6.07) is 19.3. The van der Waals surface area contributed by atoms with Crippen LogP contribution in [-0.4, -0.2) is 21.9 Å². The van der Waals surface area contributed by atoms with E-state index in [1.54, 1.807) is 14.0 Å². The van der Waals surface area contributed by atoms with Crippen molar-refractivity contribution in [2.45, 2.75) is 6.92 Å². The molecule has 0 atom stereocenters. The largest absolute Gasteiger partial charge is 0.497 e. The first-order chi connectivity index (χ1) is 14.0. The third kappa shape index (κ3) is 3.98. The fraction of sp³-hybridized carbons (Fsp3) is 0.0952. The van der Waals surface area contributed by atoms with Gasteiger partial charge in [-0.2, -0.15) is 0 Å². The lowest BCUT2D eigenvalue weighted by Gasteiger charge is -2.14. The van der Waals surface area contributed by atoms with E-state index in [1.807, 2.05) is 60.7 Å². The van der Waals surface area contributed by atoms with Crippen molar-refractivity contribution < 1.29 is 4.74 Å². The Morgan fingerprint density at radius 2 is 1.93 bits per heavy atom. The van der Waals surface area contributed by atoms with Crippen LogP contribution in [0.3, 0.4) is 0 Å². The van der Waals surface area contributed by atoms with Crippen molar-refractivity contribution in [3.8, 4) is 16.2 Å². The summed E-state index contributed by atoms with van der Waals surface area (Å²) in [5.74, 6) is 1.23. The molecule has 29 heavy (non-hydrogen) atoms. The highest BCUT2D eigenvalue weighted by molar-refractivity contribution is 7.80. The zero-order valence-corrected chi connectivity index (χ0v) is 17.4. The summed E-state index contributed by atoms with van der Waals surface area (Å²) < 4.78 is 7.15. The number of fused-ring (bicyclic) bond motifs is 1. The first kappa shape index (κ1) is 19.1. The maximum atomic E-state index is 13.0. The number of hydrogen-bond acceptors (Lipinski definition) is 5. The average Bonchev–Trinajstić information content (AvgIpc) is 3.16. The predicted molar refractivity (Wildman–Crippen MR) is 123 cm³/mol. The Balaban J connectivity index is 1.63. The van der Waals surface area contributed by atoms with Crippen molar-refractivity contribution in [2.75, 3.05) is 17.9 Å². The van der Waals surface area contributed by atoms with Gasteiger partial charge in [-0.15, -0.1) is 11.3 Å². The monoisotopic (exact) mass is 422 g/mol. The quantitative estimate of drug-likeness (QED) is 0.476. The third-order valence-corrected chi connectivity index (χ3v) is 5.67. The molecule has 0 fully saturated rings. The Morgan fingerprint density at radius 1 is 1.14 bits per heavy atom. The first-order valence-corrected chi connectivity index (χ1v) is 10.1. The Labute approximate surface area is 176 Å². The van der Waals surface area contributed by atoms with Crippen LogP contribution in [0.4, 0.5) is 5.69 Å². The normalized spacial score (nSPS) is 10.7. The lowest BCUT2D eigenvalue weighted by molar-refractivity contribution is 0.415. The topological polar surface area (TPSA) is 68.2 Å². The van der Waals surface area contributed by atoms with Gasteiger partial charge in [0.2, 0.25) is 0 Å². The maximum Gasteiger partial charge on any atom is 0.290 e. The molecule has 0 bridgehead atoms. The van der Waals surface area contributed by atoms with E-state index in [2.05, 4.69) is 15.7 Å². The Morgan fingerprint density at radius 3 is 2.69 bits per heavy atom. The van der Waals surface area contributed by atoms with Crippen molar-refractivity contribution >= 4 is 44.6 Å². The molecule has 4 aromatic rings. The number of thiocarbonyl (C=S) groups is 1. The third-order valence-electron chi connectivity index (χ3n) is 4.31. The van der Waals surface area contributed by atoms with Gasteiger partial charge in [-0.1, -0.05) is 36.4 Å². The van der Waals surface area contributed by atoms with E-state index in [-0.39, 0.29) is 10.7 Å². The summed E-state index contributed by atoms with van der Waals surface area (Å²) in [5.41, 5.74) is 5.24. The SMILES string of the molecule is COc1cccc(NC(=S)Nn2c(C)nc3cc(-c4ccccc4)sc3c2=O)c1. The van der Waals surface area contributed by atoms with Crippen LogP contribution < -0.4 is 21.0 Å². The smallest absolute Gasteiger partial charge is 0.290 e. The van der Waals surface area contributed by atoms with Crippen LogP contribution in [0.5, 0.6) is 5.75 Å². The number of nitrogens with zero attached hydrogens (tertiary/aromatic N) is 2. The molecule has 0 aliphatic heterocycles. The van der Waals surface area contributed by atoms with Gasteiger partial charge in [-0.3, -0.25) is 10.2 Å². The van der Waals surface area contributed by atoms with Gasteiger partial charge in [-0.05, 0) is 42.9 Å². The van der Waals surface area contributed by atoms with Crippen LogP contribution in [0.15, 0.2) is 65.5 Å². The molecule has 2 aromatic carbocycles. The molecule has 0 aliphatic rings. The van der Waals surface area contributed by atoms with Crippen LogP contribution in [0.25, 0.3) is 20.7 Å². The van der Waals surface area contributed by atoms with Gasteiger partial charge in [-0.25, -0.2) is 9.66 Å². The highest BCUT2D eigenvalue weighted by Gasteiger charge is 2.14. The molecule has 2 heterocycles. The Bertz CT molecular complexity index is 1250. The van der Waals surface area contributed by atoms with Gasteiger partial charge in [0.1, 0.15) is 16.3 Å². The molecule has 0 saturated carbocycles. The van der Waals surface area contributed by atoms with Crippen molar-refractivity contribution in [3.63, 3.8) is 0 Å². The summed E-state index contributed by atoms with van der Waals surface area (Å²) in [6.45, 7) is 1.77. The van der Waals surface area contributed by atoms with Gasteiger partial charge in [0.15, 0.2) is 5.11 Å². The van der Waals surface area contributed by atoms with Gasteiger partial charge in [0.05, 0.1) is 12.6 Å². The zero-order valence-electron chi connectivity index (χ0n) is 15.8. The van der Waals surface area contributed by atoms with Crippen LogP contribution in [0.2, 0.25) is 0 Å². The molecule has 6 nitrogen and oxygen atoms in total. The van der Waals surface area contributed by atoms with E-state index in [1.165, 1.54) is 16.0 Å². The second-order valence-electron chi connectivity index (χ2n) is 6.29. The Kier molecular flexibility index (Phi) is 5.28. The highest BCUT2D eigenvalue weighted by Crippen LogP contribution is 2.30. The number of benzene rings is 2. The standard InChI is InChI=1S/C21H18N4O2S2/c1-13-22-17-12-18(14-7-4-3-5-8-14)29-19(17)20(26)25(13)24-21(28)23-15-9-6-10-16(11-15)27-2/h3-12H,1-2H3,(H2,23,24,28). The van der Waals surface area contributed by atoms with E-state index in [9.17, 15) is 4.79 Å². The second kappa shape index (κ2) is 8.02. The van der Waals surface area contributed by atoms with Crippen molar-refractivity contribution in [2.24, 2.45) is 0 Å². The van der Waals surface area contributed by atoms with E-state index in [4.69, 9.17) is 17.0 Å². The molecule has 0 aliphatic carbocycles. The first-order valence-electron chi connectivity index (χ1n) is 8.86. The van der Waals surface area contributed by atoms with Crippen LogP contribution in [-0.2, 0) is 0 Å². The lowest BCUT2D eigenvalue weighted by Crippen LogP contribution is -2.37. The van der Waals surface area contributed by atoms with Crippen LogP contribution >= 0.6 is 23.6 Å². The number of rotatable bonds is 4. The maximum absolute atomic E-state index is 13.0. The molecule has 0 amide bonds. The number of methoxy groups -OCH3 is 1. The second-order valence-corrected chi connectivity index (χ2v) is 7.75. The summed E-state index contributed by atoms with van der Waals surface area (Å²) >= 11 is 6.79. The van der Waals surface area contributed by atoms with Crippen LogP contribution in [0.1, 0.15) is 5.82 Å². The van der Waals surface area contributed by atoms with E-state index >= 15 is 0 Å². The van der Waals surface area contributed by atoms with Gasteiger partial charge < -0.3 is 10.1 Å². The summed E-state index contributed by atoms with van der Waals surface area (Å²) in [7, 11) is 1.60. The molecule has 146 valence electrons. The average molecular weight is 423 g/mol. The molecule has 8 heteroatoms. The van der Waals surface area contributed by atoms with E-state index < -0.39 is 0 Å². The number of thiophene rings is 1. The van der Waals surface area contributed by atoms with Crippen LogP contribution in [0, 0.1) is 6.92 Å². The molecular formula is C21H18N4O2S2. The minimum atomic E-state index is -0.186. The molecule has 0 spiro atoms. The highest BCUT2D eigenvalue weighted by atomic mass is 32.1. The molecule has 2 aromatic heterocycles. The predicted octanol–water partition coefficient (Wildman–Crippen LogP) is 4.38. The minimum Gasteiger partial charge on any atom is -0.497 e. The summed E-state index contributed by atoms with van der Waals surface area (Å²) in [5, 5.41) is 3.34. The number of hydrogen-bond donors (Lipinski definition) is 2. The lowest BCUT2D eigenvalue weighted by atomic mass is 10.2. The van der Waals surface area contributed by atoms with Gasteiger partial charge in [0.25, 0.3) is 5.56 Å². The molecular weight excluding hydrogens is 404 g/mol. The zero-order chi connectivity index (χ0) is 20.4. The molecule has 2 N–H and O–H groups in total. The summed E-state index contributed by atoms with van der Waals surface area (Å²) in [6.07, 6.45) is 0. The van der Waals surface area contributed by atoms with Crippen molar-refractivity contribution in [3.05, 3.63) is 76.8 Å². The Hall–Kier alpha value is -3.23. The minimum absolute atomic E-state index is 0.186. The fourth-order valence-corrected chi connectivity index (χ4v) is 4.17. The van der Waals surface area contributed by atoms with E-state index in [0.29, 0.717) is 21.8 Å². The summed E-state index contributed by atoms with van der Waals surface area (Å²) in [4.78, 5) is 18.6. The fourth-order valence-electron chi connectivity index (χ4n) is 2.93. The number of aromatic nitrogens is 2. The molecule has 0 unspecified atom stereocenters. The van der Waals surface area contributed by atoms with E-state index in [0.717, 1.165) is 16.1 Å². The van der Waals surface area contributed by atoms with Gasteiger partial charge in [0, 0.05) is 16.6 Å².